The van der Waals surface area contributed by atoms with E-state index in [4.69, 9.17) is 0 Å². The van der Waals surface area contributed by atoms with Gasteiger partial charge in [-0.2, -0.15) is 0 Å². The summed E-state index contributed by atoms with van der Waals surface area (Å²) in [7, 11) is 0. The molecule has 1 aromatic rings. The zero-order valence-electron chi connectivity index (χ0n) is 13.4. The molecule has 128 valence electrons. The monoisotopic (exact) mass is 340 g/mol. The maximum atomic E-state index is 13.6. The second-order valence-corrected chi connectivity index (χ2v) is 6.72. The molecule has 5 heteroatoms. The highest BCUT2D eigenvalue weighted by molar-refractivity contribution is 5.85. The van der Waals surface area contributed by atoms with Crippen LogP contribution in [0.2, 0.25) is 0 Å². The van der Waals surface area contributed by atoms with E-state index in [1.807, 2.05) is 6.07 Å². The van der Waals surface area contributed by atoms with Crippen molar-refractivity contribution in [2.75, 3.05) is 13.1 Å². The van der Waals surface area contributed by atoms with Gasteiger partial charge in [0.05, 0.1) is 6.04 Å². The quantitative estimate of drug-likeness (QED) is 0.882. The number of carbonyl (C=O) groups is 1. The Kier molecular flexibility index (Phi) is 6.42. The van der Waals surface area contributed by atoms with Gasteiger partial charge in [-0.3, -0.25) is 4.79 Å². The third kappa shape index (κ3) is 4.24. The Balaban J connectivity index is 0.00000192. The van der Waals surface area contributed by atoms with Crippen LogP contribution < -0.4 is 10.6 Å². The van der Waals surface area contributed by atoms with E-state index in [1.54, 1.807) is 12.1 Å². The predicted octanol–water partition coefficient (Wildman–Crippen LogP) is 3.32. The summed E-state index contributed by atoms with van der Waals surface area (Å²) in [6, 6.07) is 6.87. The van der Waals surface area contributed by atoms with Gasteiger partial charge in [0.2, 0.25) is 5.91 Å². The molecule has 0 radical (unpaired) electrons. The van der Waals surface area contributed by atoms with E-state index in [1.165, 1.54) is 12.5 Å². The van der Waals surface area contributed by atoms with Crippen molar-refractivity contribution in [2.45, 2.75) is 56.4 Å². The lowest BCUT2D eigenvalue weighted by molar-refractivity contribution is -0.123. The normalized spacial score (nSPS) is 23.1. The molecule has 1 unspecified atom stereocenters. The number of nitrogens with one attached hydrogen (secondary N) is 2. The zero-order chi connectivity index (χ0) is 15.4. The topological polar surface area (TPSA) is 41.1 Å². The van der Waals surface area contributed by atoms with Crippen LogP contribution in [-0.4, -0.2) is 25.0 Å². The van der Waals surface area contributed by atoms with Gasteiger partial charge in [-0.25, -0.2) is 4.39 Å². The van der Waals surface area contributed by atoms with Crippen LogP contribution in [0.3, 0.4) is 0 Å². The van der Waals surface area contributed by atoms with Crippen LogP contribution in [0.1, 0.15) is 50.5 Å². The van der Waals surface area contributed by atoms with E-state index in [0.717, 1.165) is 50.6 Å². The fourth-order valence-electron chi connectivity index (χ4n) is 3.90. The SMILES string of the molecule is Cl.O=C(NCC1(c2cccc(F)c2)CCCCC1)C1CCCN1. The summed E-state index contributed by atoms with van der Waals surface area (Å²) in [6.45, 7) is 1.54. The third-order valence-corrected chi connectivity index (χ3v) is 5.23. The van der Waals surface area contributed by atoms with Crippen molar-refractivity contribution in [1.82, 2.24) is 10.6 Å². The molecular formula is C18H26ClFN2O. The molecule has 23 heavy (non-hydrogen) atoms. The summed E-state index contributed by atoms with van der Waals surface area (Å²) in [5.74, 6) is -0.0925. The van der Waals surface area contributed by atoms with Gasteiger partial charge >= 0.3 is 0 Å². The first kappa shape index (κ1) is 18.2. The largest absolute Gasteiger partial charge is 0.354 e. The average molecular weight is 341 g/mol. The summed E-state index contributed by atoms with van der Waals surface area (Å²) in [5.41, 5.74) is 0.932. The number of carbonyl (C=O) groups excluding carboxylic acids is 1. The fraction of sp³-hybridized carbons (Fsp3) is 0.611. The highest BCUT2D eigenvalue weighted by atomic mass is 35.5. The van der Waals surface area contributed by atoms with Crippen LogP contribution in [0.25, 0.3) is 0 Å². The molecule has 1 aliphatic heterocycles. The van der Waals surface area contributed by atoms with Gasteiger partial charge in [0.1, 0.15) is 5.82 Å². The van der Waals surface area contributed by atoms with Crippen molar-refractivity contribution in [1.29, 1.82) is 0 Å². The molecule has 1 atom stereocenters. The van der Waals surface area contributed by atoms with Crippen LogP contribution in [0.4, 0.5) is 4.39 Å². The summed E-state index contributed by atoms with van der Waals surface area (Å²) in [6.07, 6.45) is 7.55. The minimum atomic E-state index is -0.189. The van der Waals surface area contributed by atoms with Crippen LogP contribution >= 0.6 is 12.4 Å². The van der Waals surface area contributed by atoms with E-state index in [-0.39, 0.29) is 35.6 Å². The lowest BCUT2D eigenvalue weighted by atomic mass is 9.69. The van der Waals surface area contributed by atoms with Crippen LogP contribution in [0.15, 0.2) is 24.3 Å². The standard InChI is InChI=1S/C18H25FN2O.ClH/c19-15-7-4-6-14(12-15)18(9-2-1-3-10-18)13-21-17(22)16-8-5-11-20-16;/h4,6-7,12,16,20H,1-3,5,8-11,13H2,(H,21,22);1H. The Morgan fingerprint density at radius 1 is 1.26 bits per heavy atom. The first-order valence-corrected chi connectivity index (χ1v) is 8.47. The van der Waals surface area contributed by atoms with Gasteiger partial charge in [0, 0.05) is 12.0 Å². The molecule has 3 rings (SSSR count). The first-order valence-electron chi connectivity index (χ1n) is 8.47. The second kappa shape index (κ2) is 8.11. The van der Waals surface area contributed by atoms with E-state index in [9.17, 15) is 9.18 Å². The van der Waals surface area contributed by atoms with Crippen LogP contribution in [0.5, 0.6) is 0 Å². The Labute approximate surface area is 143 Å². The molecule has 1 saturated carbocycles. The number of hydrogen-bond acceptors (Lipinski definition) is 2. The number of halogens is 2. The van der Waals surface area contributed by atoms with Crippen molar-refractivity contribution in [2.24, 2.45) is 0 Å². The van der Waals surface area contributed by atoms with Crippen molar-refractivity contribution in [3.05, 3.63) is 35.6 Å². The van der Waals surface area contributed by atoms with E-state index in [2.05, 4.69) is 10.6 Å². The summed E-state index contributed by atoms with van der Waals surface area (Å²) >= 11 is 0. The minimum absolute atomic E-state index is 0. The van der Waals surface area contributed by atoms with Gasteiger partial charge in [0.15, 0.2) is 0 Å². The molecule has 0 aromatic heterocycles. The molecular weight excluding hydrogens is 315 g/mol. The Morgan fingerprint density at radius 2 is 2.04 bits per heavy atom. The van der Waals surface area contributed by atoms with E-state index >= 15 is 0 Å². The molecule has 3 nitrogen and oxygen atoms in total. The Hall–Kier alpha value is -1.13. The highest BCUT2D eigenvalue weighted by Gasteiger charge is 2.35. The van der Waals surface area contributed by atoms with Gasteiger partial charge in [-0.05, 0) is 49.9 Å². The van der Waals surface area contributed by atoms with Crippen molar-refractivity contribution >= 4 is 18.3 Å². The Morgan fingerprint density at radius 3 is 2.70 bits per heavy atom. The Bertz CT molecular complexity index is 526. The maximum absolute atomic E-state index is 13.6. The third-order valence-electron chi connectivity index (χ3n) is 5.23. The zero-order valence-corrected chi connectivity index (χ0v) is 14.3. The molecule has 1 amide bonds. The number of amides is 1. The molecule has 1 saturated heterocycles. The molecule has 2 fully saturated rings. The first-order chi connectivity index (χ1) is 10.7. The highest BCUT2D eigenvalue weighted by Crippen LogP contribution is 2.39. The summed E-state index contributed by atoms with van der Waals surface area (Å²) < 4.78 is 13.6. The van der Waals surface area contributed by atoms with Crippen molar-refractivity contribution in [3.63, 3.8) is 0 Å². The molecule has 0 spiro atoms. The smallest absolute Gasteiger partial charge is 0.237 e. The van der Waals surface area contributed by atoms with Crippen LogP contribution in [0, 0.1) is 5.82 Å². The van der Waals surface area contributed by atoms with Gasteiger partial charge in [-0.1, -0.05) is 31.4 Å². The number of benzene rings is 1. The summed E-state index contributed by atoms with van der Waals surface area (Å²) in [4.78, 5) is 12.3. The van der Waals surface area contributed by atoms with Crippen molar-refractivity contribution in [3.8, 4) is 0 Å². The van der Waals surface area contributed by atoms with Gasteiger partial charge < -0.3 is 10.6 Å². The molecule has 0 bridgehead atoms. The predicted molar refractivity (Wildman–Crippen MR) is 92.4 cm³/mol. The average Bonchev–Trinajstić information content (AvgIpc) is 3.08. The number of rotatable bonds is 4. The van der Waals surface area contributed by atoms with Crippen LogP contribution in [-0.2, 0) is 10.2 Å². The van der Waals surface area contributed by atoms with Gasteiger partial charge in [-0.15, -0.1) is 12.4 Å². The fourth-order valence-corrected chi connectivity index (χ4v) is 3.90. The summed E-state index contributed by atoms with van der Waals surface area (Å²) in [5, 5.41) is 6.36. The minimum Gasteiger partial charge on any atom is -0.354 e. The van der Waals surface area contributed by atoms with Crippen molar-refractivity contribution < 1.29 is 9.18 Å². The lowest BCUT2D eigenvalue weighted by Gasteiger charge is -2.38. The molecule has 1 aliphatic carbocycles. The molecule has 1 aromatic carbocycles. The lowest BCUT2D eigenvalue weighted by Crippen LogP contribution is -2.47. The van der Waals surface area contributed by atoms with Gasteiger partial charge in [0.25, 0.3) is 0 Å². The van der Waals surface area contributed by atoms with E-state index in [0.29, 0.717) is 6.54 Å². The molecule has 2 N–H and O–H groups in total. The maximum Gasteiger partial charge on any atom is 0.237 e. The molecule has 2 aliphatic rings. The second-order valence-electron chi connectivity index (χ2n) is 6.72. The molecule has 1 heterocycles. The van der Waals surface area contributed by atoms with E-state index < -0.39 is 0 Å². The number of hydrogen-bond donors (Lipinski definition) is 2.